The molecular formula is C8H15ClN2O3S. The minimum absolute atomic E-state index is 0.329. The van der Waals surface area contributed by atoms with Crippen molar-refractivity contribution in [3.8, 4) is 0 Å². The number of alkyl halides is 1. The normalized spacial score (nSPS) is 31.2. The highest BCUT2D eigenvalue weighted by Gasteiger charge is 2.55. The Morgan fingerprint density at radius 3 is 2.33 bits per heavy atom. The van der Waals surface area contributed by atoms with Crippen molar-refractivity contribution in [3.05, 3.63) is 0 Å². The van der Waals surface area contributed by atoms with E-state index in [1.807, 2.05) is 6.92 Å². The van der Waals surface area contributed by atoms with Crippen LogP contribution in [0, 0.1) is 0 Å². The van der Waals surface area contributed by atoms with E-state index in [4.69, 9.17) is 11.6 Å². The largest absolute Gasteiger partial charge is 0.308 e. The van der Waals surface area contributed by atoms with E-state index in [-0.39, 0.29) is 6.00 Å². The number of amides is 1. The van der Waals surface area contributed by atoms with E-state index in [9.17, 15) is 13.2 Å². The van der Waals surface area contributed by atoms with Crippen LogP contribution in [0.2, 0.25) is 0 Å². The van der Waals surface area contributed by atoms with Gasteiger partial charge in [0.25, 0.3) is 5.91 Å². The number of halogens is 1. The van der Waals surface area contributed by atoms with Gasteiger partial charge in [0.2, 0.25) is 0 Å². The molecule has 0 aliphatic carbocycles. The Labute approximate surface area is 95.2 Å². The number of hydrogen-bond acceptors (Lipinski definition) is 3. The molecule has 7 heteroatoms. The summed E-state index contributed by atoms with van der Waals surface area (Å²) >= 11 is 5.48. The molecule has 1 rings (SSSR count). The van der Waals surface area contributed by atoms with Crippen LogP contribution in [0.15, 0.2) is 0 Å². The second-order valence-electron chi connectivity index (χ2n) is 3.77. The van der Waals surface area contributed by atoms with Crippen molar-refractivity contribution in [2.75, 3.05) is 13.1 Å². The van der Waals surface area contributed by atoms with E-state index in [2.05, 4.69) is 0 Å². The zero-order valence-electron chi connectivity index (χ0n) is 9.03. The molecule has 0 radical (unpaired) electrons. The van der Waals surface area contributed by atoms with Crippen LogP contribution in [0.4, 0.5) is 0 Å². The van der Waals surface area contributed by atoms with E-state index < -0.39 is 21.7 Å². The summed E-state index contributed by atoms with van der Waals surface area (Å²) in [4.78, 5) is 11.9. The predicted octanol–water partition coefficient (Wildman–Crippen LogP) is 0.760. The fourth-order valence-corrected chi connectivity index (χ4v) is 3.76. The van der Waals surface area contributed by atoms with Crippen molar-refractivity contribution in [3.63, 3.8) is 0 Å². The molecule has 1 saturated heterocycles. The van der Waals surface area contributed by atoms with Crippen molar-refractivity contribution in [1.82, 2.24) is 8.61 Å². The molecule has 1 heterocycles. The van der Waals surface area contributed by atoms with Gasteiger partial charge in [-0.15, -0.1) is 11.6 Å². The maximum Gasteiger partial charge on any atom is 0.308 e. The standard InChI is InChI=1S/C8H15ClN2O3S/c1-4-5-8(2)7(12)11(6-9)15(13,14)10(8)3/h4-6H2,1-3H3. The highest BCUT2D eigenvalue weighted by molar-refractivity contribution is 7.87. The molecule has 5 nitrogen and oxygen atoms in total. The zero-order chi connectivity index (χ0) is 11.9. The van der Waals surface area contributed by atoms with Gasteiger partial charge in [0.05, 0.1) is 0 Å². The van der Waals surface area contributed by atoms with E-state index in [1.54, 1.807) is 6.92 Å². The molecule has 1 aliphatic heterocycles. The summed E-state index contributed by atoms with van der Waals surface area (Å²) in [5.74, 6) is -0.443. The summed E-state index contributed by atoms with van der Waals surface area (Å²) in [6.07, 6.45) is 1.23. The molecule has 1 aliphatic rings. The number of carbonyl (C=O) groups is 1. The number of hydrogen-bond donors (Lipinski definition) is 0. The Kier molecular flexibility index (Phi) is 3.33. The molecule has 0 bridgehead atoms. The zero-order valence-corrected chi connectivity index (χ0v) is 10.6. The molecule has 88 valence electrons. The third-order valence-electron chi connectivity index (χ3n) is 2.85. The highest BCUT2D eigenvalue weighted by atomic mass is 35.5. The van der Waals surface area contributed by atoms with Crippen LogP contribution in [-0.2, 0) is 15.0 Å². The van der Waals surface area contributed by atoms with Gasteiger partial charge in [-0.25, -0.2) is 4.31 Å². The molecule has 0 saturated carbocycles. The van der Waals surface area contributed by atoms with Crippen LogP contribution in [0.5, 0.6) is 0 Å². The van der Waals surface area contributed by atoms with Crippen LogP contribution in [0.25, 0.3) is 0 Å². The van der Waals surface area contributed by atoms with Gasteiger partial charge in [-0.3, -0.25) is 4.79 Å². The monoisotopic (exact) mass is 254 g/mol. The minimum atomic E-state index is -3.71. The fourth-order valence-electron chi connectivity index (χ4n) is 1.78. The Hall–Kier alpha value is -0.330. The van der Waals surface area contributed by atoms with Crippen molar-refractivity contribution in [1.29, 1.82) is 0 Å². The second-order valence-corrected chi connectivity index (χ2v) is 5.90. The molecule has 0 aromatic rings. The quantitative estimate of drug-likeness (QED) is 0.552. The van der Waals surface area contributed by atoms with E-state index >= 15 is 0 Å². The van der Waals surface area contributed by atoms with Gasteiger partial charge in [-0.1, -0.05) is 13.3 Å². The summed E-state index contributed by atoms with van der Waals surface area (Å²) < 4.78 is 25.4. The first-order valence-corrected chi connectivity index (χ1v) is 6.62. The van der Waals surface area contributed by atoms with Gasteiger partial charge < -0.3 is 0 Å². The van der Waals surface area contributed by atoms with Gasteiger partial charge in [0, 0.05) is 7.05 Å². The number of rotatable bonds is 3. The van der Waals surface area contributed by atoms with E-state index in [1.165, 1.54) is 7.05 Å². The SMILES string of the molecule is CCCC1(C)C(=O)N(CCl)S(=O)(=O)N1C. The van der Waals surface area contributed by atoms with Crippen molar-refractivity contribution < 1.29 is 13.2 Å². The summed E-state index contributed by atoms with van der Waals surface area (Å²) in [6, 6.07) is -0.329. The van der Waals surface area contributed by atoms with E-state index in [0.717, 1.165) is 10.7 Å². The first-order valence-electron chi connectivity index (χ1n) is 4.69. The lowest BCUT2D eigenvalue weighted by Gasteiger charge is -2.25. The van der Waals surface area contributed by atoms with Crippen LogP contribution in [-0.4, -0.2) is 41.5 Å². The van der Waals surface area contributed by atoms with Gasteiger partial charge in [0.15, 0.2) is 0 Å². The molecule has 1 amide bonds. The highest BCUT2D eigenvalue weighted by Crippen LogP contribution is 2.34. The maximum atomic E-state index is 11.9. The van der Waals surface area contributed by atoms with Gasteiger partial charge in [-0.2, -0.15) is 12.7 Å². The van der Waals surface area contributed by atoms with Gasteiger partial charge in [-0.05, 0) is 13.3 Å². The summed E-state index contributed by atoms with van der Waals surface area (Å²) in [7, 11) is -2.30. The number of likely N-dealkylation sites (N-methyl/N-ethyl adjacent to an activating group) is 1. The first kappa shape index (κ1) is 12.7. The van der Waals surface area contributed by atoms with E-state index in [0.29, 0.717) is 10.7 Å². The smallest absolute Gasteiger partial charge is 0.272 e. The van der Waals surface area contributed by atoms with Crippen LogP contribution >= 0.6 is 11.6 Å². The Morgan fingerprint density at radius 1 is 1.47 bits per heavy atom. The molecular weight excluding hydrogens is 240 g/mol. The second kappa shape index (κ2) is 3.92. The molecule has 0 spiro atoms. The van der Waals surface area contributed by atoms with Crippen molar-refractivity contribution in [2.24, 2.45) is 0 Å². The average molecular weight is 255 g/mol. The molecule has 0 aromatic heterocycles. The third-order valence-corrected chi connectivity index (χ3v) is 5.18. The summed E-state index contributed by atoms with van der Waals surface area (Å²) in [5, 5.41) is 0. The predicted molar refractivity (Wildman–Crippen MR) is 57.6 cm³/mol. The lowest BCUT2D eigenvalue weighted by Crippen LogP contribution is -2.44. The van der Waals surface area contributed by atoms with Crippen LogP contribution < -0.4 is 0 Å². The topological polar surface area (TPSA) is 57.7 Å². The number of nitrogens with zero attached hydrogens (tertiary/aromatic N) is 2. The molecule has 0 aromatic carbocycles. The average Bonchev–Trinajstić information content (AvgIpc) is 2.27. The molecule has 0 N–H and O–H groups in total. The van der Waals surface area contributed by atoms with Gasteiger partial charge >= 0.3 is 10.2 Å². The minimum Gasteiger partial charge on any atom is -0.272 e. The molecule has 15 heavy (non-hydrogen) atoms. The van der Waals surface area contributed by atoms with Crippen molar-refractivity contribution in [2.45, 2.75) is 32.2 Å². The van der Waals surface area contributed by atoms with Crippen LogP contribution in [0.3, 0.4) is 0 Å². The fraction of sp³-hybridized carbons (Fsp3) is 0.875. The molecule has 1 unspecified atom stereocenters. The Balaban J connectivity index is 3.21. The Morgan fingerprint density at radius 2 is 2.00 bits per heavy atom. The first-order chi connectivity index (χ1) is 6.82. The van der Waals surface area contributed by atoms with Crippen LogP contribution in [0.1, 0.15) is 26.7 Å². The molecule has 1 fully saturated rings. The third kappa shape index (κ3) is 1.64. The number of carbonyl (C=O) groups excluding carboxylic acids is 1. The maximum absolute atomic E-state index is 11.9. The Bertz CT molecular complexity index is 370. The summed E-state index contributed by atoms with van der Waals surface area (Å²) in [6.45, 7) is 3.53. The van der Waals surface area contributed by atoms with Crippen molar-refractivity contribution >= 4 is 27.7 Å². The summed E-state index contributed by atoms with van der Waals surface area (Å²) in [5.41, 5.74) is -0.984. The van der Waals surface area contributed by atoms with Gasteiger partial charge in [0.1, 0.15) is 11.5 Å². The lowest BCUT2D eigenvalue weighted by molar-refractivity contribution is -0.131. The lowest BCUT2D eigenvalue weighted by atomic mass is 9.95. The molecule has 1 atom stereocenters.